The highest BCUT2D eigenvalue weighted by atomic mass is 32.2. The zero-order valence-corrected chi connectivity index (χ0v) is 11.6. The summed E-state index contributed by atoms with van der Waals surface area (Å²) in [4.78, 5) is 10.8. The van der Waals surface area contributed by atoms with Crippen LogP contribution in [0.15, 0.2) is 48.5 Å². The fourth-order valence-electron chi connectivity index (χ4n) is 1.98. The van der Waals surface area contributed by atoms with Crippen molar-refractivity contribution in [1.82, 2.24) is 0 Å². The lowest BCUT2D eigenvalue weighted by Crippen LogP contribution is -2.20. The van der Waals surface area contributed by atoms with Gasteiger partial charge in [0.15, 0.2) is 0 Å². The van der Waals surface area contributed by atoms with Crippen molar-refractivity contribution in [3.8, 4) is 16.9 Å². The summed E-state index contributed by atoms with van der Waals surface area (Å²) in [5, 5.41) is 9.54. The molecule has 5 heteroatoms. The molecule has 4 nitrogen and oxygen atoms in total. The second-order valence-corrected chi connectivity index (χ2v) is 5.86. The van der Waals surface area contributed by atoms with Crippen LogP contribution >= 0.6 is 0 Å². The summed E-state index contributed by atoms with van der Waals surface area (Å²) in [6.45, 7) is 0. The highest BCUT2D eigenvalue weighted by molar-refractivity contribution is 7.84. The van der Waals surface area contributed by atoms with Crippen LogP contribution < -0.4 is 5.73 Å². The molecular formula is C15H15NO3S. The van der Waals surface area contributed by atoms with Crippen molar-refractivity contribution in [2.45, 2.75) is 5.75 Å². The van der Waals surface area contributed by atoms with Gasteiger partial charge in [0.25, 0.3) is 0 Å². The fourth-order valence-corrected chi connectivity index (χ4v) is 3.00. The Bertz CT molecular complexity index is 655. The van der Waals surface area contributed by atoms with Crippen molar-refractivity contribution in [1.29, 1.82) is 0 Å². The number of phenols is 1. The van der Waals surface area contributed by atoms with Crippen molar-refractivity contribution in [3.63, 3.8) is 0 Å². The van der Waals surface area contributed by atoms with E-state index in [0.717, 1.165) is 16.7 Å². The van der Waals surface area contributed by atoms with Crippen LogP contribution in [-0.2, 0) is 21.3 Å². The Labute approximate surface area is 119 Å². The molecule has 0 saturated carbocycles. The van der Waals surface area contributed by atoms with Crippen molar-refractivity contribution in [2.24, 2.45) is 5.73 Å². The molecule has 0 aliphatic carbocycles. The van der Waals surface area contributed by atoms with E-state index in [-0.39, 0.29) is 17.3 Å². The van der Waals surface area contributed by atoms with Crippen LogP contribution in [0.4, 0.5) is 0 Å². The van der Waals surface area contributed by atoms with Gasteiger partial charge >= 0.3 is 0 Å². The Morgan fingerprint density at radius 1 is 1.15 bits per heavy atom. The van der Waals surface area contributed by atoms with Gasteiger partial charge in [-0.05, 0) is 28.8 Å². The summed E-state index contributed by atoms with van der Waals surface area (Å²) < 4.78 is 11.8. The summed E-state index contributed by atoms with van der Waals surface area (Å²) >= 11 is 0. The lowest BCUT2D eigenvalue weighted by molar-refractivity contribution is -0.115. The molecule has 0 aliphatic heterocycles. The minimum absolute atomic E-state index is 0.144. The van der Waals surface area contributed by atoms with E-state index in [4.69, 9.17) is 5.73 Å². The van der Waals surface area contributed by atoms with Gasteiger partial charge < -0.3 is 10.8 Å². The summed E-state index contributed by atoms with van der Waals surface area (Å²) in [7, 11) is -1.33. The van der Waals surface area contributed by atoms with Gasteiger partial charge in [-0.1, -0.05) is 36.4 Å². The van der Waals surface area contributed by atoms with Gasteiger partial charge in [0.05, 0.1) is 0 Å². The van der Waals surface area contributed by atoms with Crippen LogP contribution in [0.1, 0.15) is 5.56 Å². The number of nitrogens with two attached hydrogens (primary N) is 1. The molecule has 0 radical (unpaired) electrons. The van der Waals surface area contributed by atoms with Crippen LogP contribution in [0.2, 0.25) is 0 Å². The van der Waals surface area contributed by atoms with Crippen LogP contribution in [0.3, 0.4) is 0 Å². The lowest BCUT2D eigenvalue weighted by atomic mass is 10.0. The maximum atomic E-state index is 11.8. The molecule has 2 aromatic carbocycles. The SMILES string of the molecule is NC(=O)CS(=O)Cc1ccccc1-c1cccc(O)c1. The van der Waals surface area contributed by atoms with Crippen LogP contribution in [0.25, 0.3) is 11.1 Å². The smallest absolute Gasteiger partial charge is 0.230 e. The number of carbonyl (C=O) groups is 1. The van der Waals surface area contributed by atoms with E-state index in [9.17, 15) is 14.1 Å². The number of hydrogen-bond donors (Lipinski definition) is 2. The maximum Gasteiger partial charge on any atom is 0.230 e. The molecule has 1 unspecified atom stereocenters. The summed E-state index contributed by atoms with van der Waals surface area (Å²) in [6, 6.07) is 14.3. The van der Waals surface area contributed by atoms with Gasteiger partial charge in [-0.2, -0.15) is 0 Å². The molecular weight excluding hydrogens is 274 g/mol. The molecule has 3 N–H and O–H groups in total. The number of primary amides is 1. The molecule has 0 aromatic heterocycles. The Morgan fingerprint density at radius 2 is 1.90 bits per heavy atom. The molecule has 0 aliphatic rings. The minimum Gasteiger partial charge on any atom is -0.508 e. The molecule has 0 spiro atoms. The number of rotatable bonds is 5. The third-order valence-corrected chi connectivity index (χ3v) is 4.03. The molecule has 0 bridgehead atoms. The molecule has 1 atom stereocenters. The number of phenolic OH excluding ortho intramolecular Hbond substituents is 1. The predicted molar refractivity (Wildman–Crippen MR) is 79.5 cm³/mol. The summed E-state index contributed by atoms with van der Waals surface area (Å²) in [6.07, 6.45) is 0. The molecule has 0 heterocycles. The average Bonchev–Trinajstić information content (AvgIpc) is 2.38. The lowest BCUT2D eigenvalue weighted by Gasteiger charge is -2.09. The number of carbonyl (C=O) groups excluding carboxylic acids is 1. The van der Waals surface area contributed by atoms with E-state index >= 15 is 0 Å². The Hall–Kier alpha value is -2.14. The van der Waals surface area contributed by atoms with Gasteiger partial charge in [-0.3, -0.25) is 9.00 Å². The zero-order chi connectivity index (χ0) is 14.5. The van der Waals surface area contributed by atoms with Crippen molar-refractivity contribution >= 4 is 16.7 Å². The van der Waals surface area contributed by atoms with Gasteiger partial charge in [-0.25, -0.2) is 0 Å². The Balaban J connectivity index is 2.31. The normalized spacial score (nSPS) is 12.0. The third kappa shape index (κ3) is 3.68. The van der Waals surface area contributed by atoms with Gasteiger partial charge in [-0.15, -0.1) is 0 Å². The van der Waals surface area contributed by atoms with E-state index < -0.39 is 16.7 Å². The van der Waals surface area contributed by atoms with Crippen LogP contribution in [-0.4, -0.2) is 21.0 Å². The highest BCUT2D eigenvalue weighted by Gasteiger charge is 2.10. The first kappa shape index (κ1) is 14.3. The predicted octanol–water partition coefficient (Wildman–Crippen LogP) is 1.79. The quantitative estimate of drug-likeness (QED) is 0.880. The number of benzene rings is 2. The molecule has 20 heavy (non-hydrogen) atoms. The van der Waals surface area contributed by atoms with Crippen molar-refractivity contribution in [2.75, 3.05) is 5.75 Å². The zero-order valence-electron chi connectivity index (χ0n) is 10.8. The largest absolute Gasteiger partial charge is 0.508 e. The second-order valence-electron chi connectivity index (χ2n) is 4.40. The molecule has 2 aromatic rings. The van der Waals surface area contributed by atoms with Gasteiger partial charge in [0, 0.05) is 16.6 Å². The highest BCUT2D eigenvalue weighted by Crippen LogP contribution is 2.27. The van der Waals surface area contributed by atoms with Crippen LogP contribution in [0, 0.1) is 0 Å². The Morgan fingerprint density at radius 3 is 2.60 bits per heavy atom. The van der Waals surface area contributed by atoms with Crippen LogP contribution in [0.5, 0.6) is 5.75 Å². The fraction of sp³-hybridized carbons (Fsp3) is 0.133. The summed E-state index contributed by atoms with van der Waals surface area (Å²) in [5.41, 5.74) is 7.64. The van der Waals surface area contributed by atoms with Gasteiger partial charge in [0.2, 0.25) is 5.91 Å². The van der Waals surface area contributed by atoms with E-state index in [0.29, 0.717) is 0 Å². The maximum absolute atomic E-state index is 11.8. The third-order valence-electron chi connectivity index (χ3n) is 2.79. The van der Waals surface area contributed by atoms with Gasteiger partial charge in [0.1, 0.15) is 11.5 Å². The van der Waals surface area contributed by atoms with E-state index in [1.807, 2.05) is 30.3 Å². The van der Waals surface area contributed by atoms with Crippen molar-refractivity contribution < 1.29 is 14.1 Å². The molecule has 104 valence electrons. The molecule has 1 amide bonds. The number of amides is 1. The number of aromatic hydroxyl groups is 1. The first-order valence-corrected chi connectivity index (χ1v) is 7.55. The standard InChI is InChI=1S/C15H15NO3S/c16-15(18)10-20(19)9-12-4-1-2-7-14(12)11-5-3-6-13(17)8-11/h1-8,17H,9-10H2,(H2,16,18). The first-order valence-electron chi connectivity index (χ1n) is 6.07. The van der Waals surface area contributed by atoms with E-state index in [2.05, 4.69) is 0 Å². The monoisotopic (exact) mass is 289 g/mol. The first-order chi connectivity index (χ1) is 9.56. The minimum atomic E-state index is -1.33. The molecule has 0 fully saturated rings. The Kier molecular flexibility index (Phi) is 4.53. The van der Waals surface area contributed by atoms with E-state index in [1.54, 1.807) is 18.2 Å². The number of hydrogen-bond acceptors (Lipinski definition) is 3. The topological polar surface area (TPSA) is 80.4 Å². The second kappa shape index (κ2) is 6.34. The molecule has 2 rings (SSSR count). The molecule has 0 saturated heterocycles. The van der Waals surface area contributed by atoms with Crippen molar-refractivity contribution in [3.05, 3.63) is 54.1 Å². The van der Waals surface area contributed by atoms with E-state index in [1.165, 1.54) is 0 Å². The average molecular weight is 289 g/mol. The summed E-state index contributed by atoms with van der Waals surface area (Å²) in [5.74, 6) is -0.280.